The molecule has 2 rings (SSSR count). The van der Waals surface area contributed by atoms with Gasteiger partial charge in [-0.05, 0) is 37.6 Å². The summed E-state index contributed by atoms with van der Waals surface area (Å²) in [6.07, 6.45) is -0.797. The summed E-state index contributed by atoms with van der Waals surface area (Å²) in [5.41, 5.74) is 1.62. The van der Waals surface area contributed by atoms with Gasteiger partial charge in [0.1, 0.15) is 17.3 Å². The molecule has 0 saturated carbocycles. The Bertz CT molecular complexity index is 666. The topological polar surface area (TPSA) is 83.7 Å². The smallest absolute Gasteiger partial charge is 0.315 e. The normalized spacial score (nSPS) is 11.8. The van der Waals surface area contributed by atoms with Crippen LogP contribution in [0.15, 0.2) is 34.7 Å². The van der Waals surface area contributed by atoms with Crippen LogP contribution in [-0.2, 0) is 6.54 Å². The molecule has 0 spiro atoms. The van der Waals surface area contributed by atoms with Crippen LogP contribution in [0.4, 0.5) is 4.79 Å². The average Bonchev–Trinajstić information content (AvgIpc) is 2.88. The number of aliphatic hydroxyl groups is 1. The summed E-state index contributed by atoms with van der Waals surface area (Å²) >= 11 is 0. The third-order valence-corrected chi connectivity index (χ3v) is 3.52. The number of amides is 2. The number of urea groups is 1. The Morgan fingerprint density at radius 3 is 2.74 bits per heavy atom. The number of aliphatic hydroxyl groups excluding tert-OH is 1. The Balaban J connectivity index is 1.80. The van der Waals surface area contributed by atoms with Crippen molar-refractivity contribution < 1.29 is 19.1 Å². The van der Waals surface area contributed by atoms with Crippen LogP contribution in [0.2, 0.25) is 0 Å². The van der Waals surface area contributed by atoms with Gasteiger partial charge in [-0.1, -0.05) is 12.1 Å². The van der Waals surface area contributed by atoms with Gasteiger partial charge in [0.05, 0.1) is 13.2 Å². The molecule has 1 aromatic carbocycles. The lowest BCUT2D eigenvalue weighted by Gasteiger charge is -2.13. The number of aryl methyl sites for hydroxylation is 2. The zero-order valence-electron chi connectivity index (χ0n) is 13.6. The molecule has 2 amide bonds. The minimum Gasteiger partial charge on any atom is -0.497 e. The van der Waals surface area contributed by atoms with Crippen LogP contribution >= 0.6 is 0 Å². The molecule has 0 aliphatic heterocycles. The van der Waals surface area contributed by atoms with E-state index in [1.54, 1.807) is 31.4 Å². The van der Waals surface area contributed by atoms with Gasteiger partial charge in [0, 0.05) is 18.7 Å². The standard InChI is InChI=1S/C17H22N2O4/c1-11-7-14(12(2)23-11)9-18-17(21)19-10-16(20)13-5-4-6-15(8-13)22-3/h4-8,16,20H,9-10H2,1-3H3,(H2,18,19,21). The van der Waals surface area contributed by atoms with Crippen LogP contribution in [0.5, 0.6) is 5.75 Å². The number of ether oxygens (including phenoxy) is 1. The number of rotatable bonds is 6. The van der Waals surface area contributed by atoms with Gasteiger partial charge < -0.3 is 24.9 Å². The SMILES string of the molecule is COc1cccc(C(O)CNC(=O)NCc2cc(C)oc2C)c1. The van der Waals surface area contributed by atoms with E-state index in [9.17, 15) is 9.90 Å². The second kappa shape index (κ2) is 7.69. The highest BCUT2D eigenvalue weighted by atomic mass is 16.5. The van der Waals surface area contributed by atoms with Gasteiger partial charge in [-0.2, -0.15) is 0 Å². The summed E-state index contributed by atoms with van der Waals surface area (Å²) in [5.74, 6) is 2.27. The lowest BCUT2D eigenvalue weighted by Crippen LogP contribution is -2.37. The predicted octanol–water partition coefficient (Wildman–Crippen LogP) is 2.44. The number of benzene rings is 1. The first-order valence-corrected chi connectivity index (χ1v) is 7.39. The van der Waals surface area contributed by atoms with Crippen molar-refractivity contribution in [2.45, 2.75) is 26.5 Å². The van der Waals surface area contributed by atoms with Crippen LogP contribution in [0.25, 0.3) is 0 Å². The second-order valence-corrected chi connectivity index (χ2v) is 5.29. The molecule has 0 aliphatic carbocycles. The van der Waals surface area contributed by atoms with Crippen molar-refractivity contribution >= 4 is 6.03 Å². The van der Waals surface area contributed by atoms with Gasteiger partial charge in [0.2, 0.25) is 0 Å². The number of nitrogens with one attached hydrogen (secondary N) is 2. The number of hydrogen-bond acceptors (Lipinski definition) is 4. The Labute approximate surface area is 135 Å². The third-order valence-electron chi connectivity index (χ3n) is 3.52. The van der Waals surface area contributed by atoms with E-state index < -0.39 is 6.10 Å². The van der Waals surface area contributed by atoms with E-state index in [0.717, 1.165) is 17.1 Å². The Morgan fingerprint density at radius 2 is 2.09 bits per heavy atom. The summed E-state index contributed by atoms with van der Waals surface area (Å²) in [7, 11) is 1.57. The molecular weight excluding hydrogens is 296 g/mol. The van der Waals surface area contributed by atoms with Crippen molar-refractivity contribution in [2.75, 3.05) is 13.7 Å². The van der Waals surface area contributed by atoms with E-state index in [2.05, 4.69) is 10.6 Å². The lowest BCUT2D eigenvalue weighted by atomic mass is 10.1. The Hall–Kier alpha value is -2.47. The van der Waals surface area contributed by atoms with Crippen LogP contribution in [0, 0.1) is 13.8 Å². The molecular formula is C17H22N2O4. The average molecular weight is 318 g/mol. The van der Waals surface area contributed by atoms with Gasteiger partial charge >= 0.3 is 6.03 Å². The fourth-order valence-electron chi connectivity index (χ4n) is 2.25. The van der Waals surface area contributed by atoms with Crippen molar-refractivity contribution in [3.05, 3.63) is 53.0 Å². The number of carbonyl (C=O) groups is 1. The molecule has 1 atom stereocenters. The van der Waals surface area contributed by atoms with Crippen molar-refractivity contribution in [3.8, 4) is 5.75 Å². The summed E-state index contributed by atoms with van der Waals surface area (Å²) in [6, 6.07) is 8.66. The quantitative estimate of drug-likeness (QED) is 0.764. The highest BCUT2D eigenvalue weighted by Crippen LogP contribution is 2.18. The number of methoxy groups -OCH3 is 1. The second-order valence-electron chi connectivity index (χ2n) is 5.29. The zero-order valence-corrected chi connectivity index (χ0v) is 13.6. The molecule has 1 aromatic heterocycles. The molecule has 3 N–H and O–H groups in total. The fourth-order valence-corrected chi connectivity index (χ4v) is 2.25. The van der Waals surface area contributed by atoms with E-state index in [0.29, 0.717) is 17.9 Å². The van der Waals surface area contributed by atoms with E-state index in [4.69, 9.17) is 9.15 Å². The molecule has 0 saturated heterocycles. The molecule has 1 unspecified atom stereocenters. The van der Waals surface area contributed by atoms with Crippen molar-refractivity contribution in [3.63, 3.8) is 0 Å². The Kier molecular flexibility index (Phi) is 5.65. The molecule has 2 aromatic rings. The first-order valence-electron chi connectivity index (χ1n) is 7.39. The van der Waals surface area contributed by atoms with Crippen molar-refractivity contribution in [1.29, 1.82) is 0 Å². The van der Waals surface area contributed by atoms with Gasteiger partial charge in [-0.15, -0.1) is 0 Å². The first-order chi connectivity index (χ1) is 11.0. The molecule has 1 heterocycles. The number of carbonyl (C=O) groups excluding carboxylic acids is 1. The highest BCUT2D eigenvalue weighted by molar-refractivity contribution is 5.73. The summed E-state index contributed by atoms with van der Waals surface area (Å²) in [5, 5.41) is 15.5. The van der Waals surface area contributed by atoms with Crippen molar-refractivity contribution in [1.82, 2.24) is 10.6 Å². The van der Waals surface area contributed by atoms with Gasteiger partial charge in [-0.25, -0.2) is 4.79 Å². The third kappa shape index (κ3) is 4.75. The molecule has 0 aliphatic rings. The van der Waals surface area contributed by atoms with Gasteiger partial charge in [-0.3, -0.25) is 0 Å². The molecule has 0 fully saturated rings. The van der Waals surface area contributed by atoms with Crippen LogP contribution in [0.1, 0.15) is 28.8 Å². The van der Waals surface area contributed by atoms with Crippen molar-refractivity contribution in [2.24, 2.45) is 0 Å². The molecule has 124 valence electrons. The Morgan fingerprint density at radius 1 is 1.30 bits per heavy atom. The predicted molar refractivity (Wildman–Crippen MR) is 86.4 cm³/mol. The highest BCUT2D eigenvalue weighted by Gasteiger charge is 2.11. The zero-order chi connectivity index (χ0) is 16.8. The number of furan rings is 1. The fraction of sp³-hybridized carbons (Fsp3) is 0.353. The van der Waals surface area contributed by atoms with E-state index in [1.165, 1.54) is 0 Å². The van der Waals surface area contributed by atoms with Crippen LogP contribution < -0.4 is 15.4 Å². The minimum absolute atomic E-state index is 0.113. The first kappa shape index (κ1) is 16.9. The van der Waals surface area contributed by atoms with E-state index in [1.807, 2.05) is 19.9 Å². The van der Waals surface area contributed by atoms with E-state index in [-0.39, 0.29) is 12.6 Å². The monoisotopic (exact) mass is 318 g/mol. The molecule has 6 heteroatoms. The maximum atomic E-state index is 11.8. The van der Waals surface area contributed by atoms with Gasteiger partial charge in [0.25, 0.3) is 0 Å². The van der Waals surface area contributed by atoms with Crippen LogP contribution in [-0.4, -0.2) is 24.8 Å². The lowest BCUT2D eigenvalue weighted by molar-refractivity contribution is 0.172. The summed E-state index contributed by atoms with van der Waals surface area (Å²) < 4.78 is 10.5. The molecule has 0 radical (unpaired) electrons. The maximum absolute atomic E-state index is 11.8. The summed E-state index contributed by atoms with van der Waals surface area (Å²) in [6.45, 7) is 4.21. The minimum atomic E-state index is -0.797. The van der Waals surface area contributed by atoms with Gasteiger partial charge in [0.15, 0.2) is 0 Å². The molecule has 0 bridgehead atoms. The summed E-state index contributed by atoms with van der Waals surface area (Å²) in [4.78, 5) is 11.8. The number of hydrogen-bond donors (Lipinski definition) is 3. The van der Waals surface area contributed by atoms with E-state index >= 15 is 0 Å². The molecule has 6 nitrogen and oxygen atoms in total. The largest absolute Gasteiger partial charge is 0.497 e. The van der Waals surface area contributed by atoms with Crippen LogP contribution in [0.3, 0.4) is 0 Å². The molecule has 23 heavy (non-hydrogen) atoms. The maximum Gasteiger partial charge on any atom is 0.315 e.